The van der Waals surface area contributed by atoms with E-state index in [4.69, 9.17) is 0 Å². The van der Waals surface area contributed by atoms with Gasteiger partial charge in [-0.3, -0.25) is 5.43 Å². The molecule has 2 N–H and O–H groups in total. The number of halogens is 2. The maximum Gasteiger partial charge on any atom is 0.586 e. The molecule has 0 aromatic heterocycles. The zero-order valence-corrected chi connectivity index (χ0v) is 16.1. The van der Waals surface area contributed by atoms with Crippen LogP contribution >= 0.6 is 0 Å². The fourth-order valence-corrected chi connectivity index (χ4v) is 3.54. The van der Waals surface area contributed by atoms with Crippen LogP contribution in [0.5, 0.6) is 11.5 Å². The summed E-state index contributed by atoms with van der Waals surface area (Å²) < 4.78 is 35.3. The van der Waals surface area contributed by atoms with Gasteiger partial charge in [0.2, 0.25) is 0 Å². The van der Waals surface area contributed by atoms with E-state index in [1.54, 1.807) is 0 Å². The van der Waals surface area contributed by atoms with Crippen molar-refractivity contribution in [3.8, 4) is 11.5 Å². The van der Waals surface area contributed by atoms with Gasteiger partial charge in [-0.15, -0.1) is 8.78 Å². The highest BCUT2D eigenvalue weighted by atomic mass is 19.3. The van der Waals surface area contributed by atoms with Crippen molar-refractivity contribution < 1.29 is 23.0 Å². The van der Waals surface area contributed by atoms with E-state index < -0.39 is 12.3 Å². The summed E-state index contributed by atoms with van der Waals surface area (Å²) in [5.74, 6) is -0.216. The average molecular weight is 421 g/mol. The largest absolute Gasteiger partial charge is 0.586 e. The Morgan fingerprint density at radius 2 is 1.55 bits per heavy atom. The van der Waals surface area contributed by atoms with Crippen molar-refractivity contribution >= 4 is 23.0 Å². The highest BCUT2D eigenvalue weighted by molar-refractivity contribution is 5.98. The molecule has 0 spiro atoms. The first-order valence-electron chi connectivity index (χ1n) is 9.57. The van der Waals surface area contributed by atoms with Crippen LogP contribution in [0, 0.1) is 0 Å². The third-order valence-corrected chi connectivity index (χ3v) is 4.95. The molecule has 0 unspecified atom stereocenters. The van der Waals surface area contributed by atoms with Crippen LogP contribution in [-0.4, -0.2) is 23.9 Å². The van der Waals surface area contributed by atoms with Gasteiger partial charge in [-0.05, 0) is 23.3 Å². The third kappa shape index (κ3) is 3.75. The number of rotatable bonds is 3. The van der Waals surface area contributed by atoms with E-state index in [0.717, 1.165) is 22.4 Å². The Morgan fingerprint density at radius 3 is 2.26 bits per heavy atom. The number of anilines is 1. The average Bonchev–Trinajstić information content (AvgIpc) is 3.35. The van der Waals surface area contributed by atoms with Crippen LogP contribution in [0.3, 0.4) is 0 Å². The summed E-state index contributed by atoms with van der Waals surface area (Å²) in [6, 6.07) is 23.2. The van der Waals surface area contributed by atoms with E-state index in [0.29, 0.717) is 12.2 Å². The minimum atomic E-state index is -3.71. The molecule has 2 aliphatic heterocycles. The van der Waals surface area contributed by atoms with Crippen LogP contribution in [0.25, 0.3) is 11.3 Å². The van der Waals surface area contributed by atoms with E-state index in [1.165, 1.54) is 23.2 Å². The standard InChI is InChI=1S/C23H17F2N3O3/c24-23(25)30-19-12-11-17(13-20(19)31-23)26-22(29)28-14-18(15-7-3-1-4-8-15)21(27-28)16-9-5-2-6-10-16/h1-13,27H,14H2,(H,26,29). The van der Waals surface area contributed by atoms with Crippen molar-refractivity contribution in [2.45, 2.75) is 6.29 Å². The molecule has 3 aromatic carbocycles. The van der Waals surface area contributed by atoms with Gasteiger partial charge in [0, 0.05) is 17.3 Å². The number of urea groups is 1. The van der Waals surface area contributed by atoms with Crippen molar-refractivity contribution in [1.82, 2.24) is 10.4 Å². The molecule has 31 heavy (non-hydrogen) atoms. The first-order valence-corrected chi connectivity index (χ1v) is 9.57. The van der Waals surface area contributed by atoms with E-state index in [2.05, 4.69) is 20.2 Å². The van der Waals surface area contributed by atoms with Gasteiger partial charge in [0.25, 0.3) is 0 Å². The number of carbonyl (C=O) groups excluding carboxylic acids is 1. The SMILES string of the molecule is O=C(Nc1ccc2c(c1)OC(F)(F)O2)N1CC(c2ccccc2)=C(c2ccccc2)N1. The second kappa shape index (κ2) is 7.32. The zero-order valence-electron chi connectivity index (χ0n) is 16.1. The number of nitrogens with zero attached hydrogens (tertiary/aromatic N) is 1. The summed E-state index contributed by atoms with van der Waals surface area (Å²) in [4.78, 5) is 12.9. The summed E-state index contributed by atoms with van der Waals surface area (Å²) in [5.41, 5.74) is 7.21. The fourth-order valence-electron chi connectivity index (χ4n) is 3.54. The lowest BCUT2D eigenvalue weighted by Gasteiger charge is -2.19. The molecule has 156 valence electrons. The number of hydrazine groups is 1. The van der Waals surface area contributed by atoms with Crippen LogP contribution in [0.15, 0.2) is 78.9 Å². The van der Waals surface area contributed by atoms with Crippen LogP contribution in [0.1, 0.15) is 11.1 Å². The lowest BCUT2D eigenvalue weighted by atomic mass is 10.0. The number of alkyl halides is 2. The molecule has 0 bridgehead atoms. The number of carbonyl (C=O) groups is 1. The maximum absolute atomic E-state index is 13.2. The predicted molar refractivity (Wildman–Crippen MR) is 111 cm³/mol. The van der Waals surface area contributed by atoms with Crippen LogP contribution in [0.2, 0.25) is 0 Å². The summed E-state index contributed by atoms with van der Waals surface area (Å²) in [7, 11) is 0. The summed E-state index contributed by atoms with van der Waals surface area (Å²) >= 11 is 0. The predicted octanol–water partition coefficient (Wildman–Crippen LogP) is 4.93. The van der Waals surface area contributed by atoms with Gasteiger partial charge in [0.05, 0.1) is 12.2 Å². The monoisotopic (exact) mass is 421 g/mol. The fraction of sp³-hybridized carbons (Fsp3) is 0.0870. The van der Waals surface area contributed by atoms with Crippen molar-refractivity contribution in [3.05, 3.63) is 90.0 Å². The Kier molecular flexibility index (Phi) is 4.47. The molecule has 3 aromatic rings. The van der Waals surface area contributed by atoms with E-state index in [-0.39, 0.29) is 11.5 Å². The van der Waals surface area contributed by atoms with Gasteiger partial charge in [-0.25, -0.2) is 9.80 Å². The van der Waals surface area contributed by atoms with Gasteiger partial charge in [-0.2, -0.15) is 0 Å². The topological polar surface area (TPSA) is 62.8 Å². The Hall–Kier alpha value is -4.07. The number of ether oxygens (including phenoxy) is 2. The molecule has 2 heterocycles. The second-order valence-electron chi connectivity index (χ2n) is 7.04. The third-order valence-electron chi connectivity index (χ3n) is 4.95. The van der Waals surface area contributed by atoms with Crippen molar-refractivity contribution in [2.24, 2.45) is 0 Å². The number of fused-ring (bicyclic) bond motifs is 1. The molecule has 6 nitrogen and oxygen atoms in total. The molecule has 0 saturated heterocycles. The van der Waals surface area contributed by atoms with E-state index in [1.807, 2.05) is 60.7 Å². The van der Waals surface area contributed by atoms with Gasteiger partial charge in [-0.1, -0.05) is 60.7 Å². The van der Waals surface area contributed by atoms with Crippen molar-refractivity contribution in [2.75, 3.05) is 11.9 Å². The van der Waals surface area contributed by atoms with Crippen LogP contribution in [-0.2, 0) is 0 Å². The minimum absolute atomic E-state index is 0.0818. The Labute approximate surface area is 176 Å². The van der Waals surface area contributed by atoms with Gasteiger partial charge < -0.3 is 14.8 Å². The Morgan fingerprint density at radius 1 is 0.903 bits per heavy atom. The van der Waals surface area contributed by atoms with Gasteiger partial charge in [0.1, 0.15) is 0 Å². The lowest BCUT2D eigenvalue weighted by Crippen LogP contribution is -2.40. The molecule has 0 radical (unpaired) electrons. The highest BCUT2D eigenvalue weighted by Gasteiger charge is 2.43. The molecule has 2 amide bonds. The molecule has 0 saturated carbocycles. The number of hydrogen-bond donors (Lipinski definition) is 2. The van der Waals surface area contributed by atoms with E-state index >= 15 is 0 Å². The molecular weight excluding hydrogens is 404 g/mol. The number of nitrogens with one attached hydrogen (secondary N) is 2. The van der Waals surface area contributed by atoms with Gasteiger partial charge >= 0.3 is 12.3 Å². The summed E-state index contributed by atoms with van der Waals surface area (Å²) in [6.07, 6.45) is -3.71. The molecular formula is C23H17F2N3O3. The lowest BCUT2D eigenvalue weighted by molar-refractivity contribution is -0.286. The summed E-state index contributed by atoms with van der Waals surface area (Å²) in [6.45, 7) is 0.322. The van der Waals surface area contributed by atoms with Crippen LogP contribution in [0.4, 0.5) is 19.3 Å². The Balaban J connectivity index is 1.37. The molecule has 8 heteroatoms. The highest BCUT2D eigenvalue weighted by Crippen LogP contribution is 2.42. The molecule has 0 aliphatic carbocycles. The second-order valence-corrected chi connectivity index (χ2v) is 7.04. The zero-order chi connectivity index (χ0) is 21.4. The molecule has 2 aliphatic rings. The molecule has 5 rings (SSSR count). The first-order chi connectivity index (χ1) is 15.0. The maximum atomic E-state index is 13.2. The van der Waals surface area contributed by atoms with Crippen LogP contribution < -0.4 is 20.2 Å². The normalized spacial score (nSPS) is 16.3. The quantitative estimate of drug-likeness (QED) is 0.630. The molecule has 0 atom stereocenters. The van der Waals surface area contributed by atoms with E-state index in [9.17, 15) is 13.6 Å². The number of hydrogen-bond acceptors (Lipinski definition) is 4. The first kappa shape index (κ1) is 18.9. The smallest absolute Gasteiger partial charge is 0.395 e. The van der Waals surface area contributed by atoms with Crippen molar-refractivity contribution in [3.63, 3.8) is 0 Å². The van der Waals surface area contributed by atoms with Gasteiger partial charge in [0.15, 0.2) is 11.5 Å². The number of amides is 2. The van der Waals surface area contributed by atoms with Crippen molar-refractivity contribution in [1.29, 1.82) is 0 Å². The minimum Gasteiger partial charge on any atom is -0.395 e. The Bertz CT molecular complexity index is 1120. The summed E-state index contributed by atoms with van der Waals surface area (Å²) in [5, 5.41) is 4.14. The number of benzene rings is 3. The molecule has 0 fully saturated rings.